The van der Waals surface area contributed by atoms with Crippen LogP contribution in [0.3, 0.4) is 0 Å². The average molecular weight is 571 g/mol. The third-order valence-electron chi connectivity index (χ3n) is 7.10. The summed E-state index contributed by atoms with van der Waals surface area (Å²) in [5, 5.41) is 17.8. The van der Waals surface area contributed by atoms with E-state index in [0.717, 1.165) is 27.1 Å². The summed E-state index contributed by atoms with van der Waals surface area (Å²) in [4.78, 5) is 58.7. The summed E-state index contributed by atoms with van der Waals surface area (Å²) in [5.41, 5.74) is 2.71. The number of aromatic nitrogens is 2. The van der Waals surface area contributed by atoms with Gasteiger partial charge in [0.2, 0.25) is 5.95 Å². The molecule has 4 aromatic rings. The second-order valence-corrected chi connectivity index (χ2v) is 10.1. The fourth-order valence-electron chi connectivity index (χ4n) is 4.70. The van der Waals surface area contributed by atoms with Gasteiger partial charge in [-0.2, -0.15) is 0 Å². The number of amides is 4. The number of imide groups is 1. The lowest BCUT2D eigenvalue weighted by Gasteiger charge is -2.23. The van der Waals surface area contributed by atoms with E-state index in [4.69, 9.17) is 4.74 Å². The summed E-state index contributed by atoms with van der Waals surface area (Å²) in [6.45, 7) is 1.85. The van der Waals surface area contributed by atoms with E-state index in [1.807, 2.05) is 42.5 Å². The largest absolute Gasteiger partial charge is 0.480 e. The zero-order valence-electron chi connectivity index (χ0n) is 22.8. The Bertz CT molecular complexity index is 1570. The number of rotatable bonds is 11. The molecule has 0 radical (unpaired) electrons. The fourth-order valence-corrected chi connectivity index (χ4v) is 4.70. The zero-order valence-corrected chi connectivity index (χ0v) is 22.8. The van der Waals surface area contributed by atoms with Crippen LogP contribution in [0.5, 0.6) is 0 Å². The molecular weight excluding hydrogens is 540 g/mol. The van der Waals surface area contributed by atoms with Crippen molar-refractivity contribution < 1.29 is 29.0 Å². The van der Waals surface area contributed by atoms with Gasteiger partial charge in [-0.15, -0.1) is 0 Å². The van der Waals surface area contributed by atoms with Crippen molar-refractivity contribution in [3.8, 4) is 0 Å². The van der Waals surface area contributed by atoms with Crippen LogP contribution in [0.25, 0.3) is 11.0 Å². The van der Waals surface area contributed by atoms with Crippen LogP contribution in [0, 0.1) is 0 Å². The van der Waals surface area contributed by atoms with Crippen LogP contribution in [-0.2, 0) is 33.0 Å². The molecule has 0 spiro atoms. The van der Waals surface area contributed by atoms with Crippen LogP contribution in [0.15, 0.2) is 78.9 Å². The number of aliphatic carboxylic acids is 1. The van der Waals surface area contributed by atoms with Crippen molar-refractivity contribution in [1.29, 1.82) is 0 Å². The van der Waals surface area contributed by atoms with E-state index < -0.39 is 35.6 Å². The number of nitrogens with zero attached hydrogens (tertiary/aromatic N) is 2. The number of carbonyl (C=O) groups excluding carboxylic acids is 3. The standard InChI is InChI=1S/C30H30N6O6/c1-30(21-13-11-19(12-14-21)17-31-27-32-22-9-5-6-10-23(22)33-27)26(39)36(28(40)35-30)16-15-24(25(37)38)34-29(41)42-18-20-7-3-2-4-8-20/h2-14,24H,15-18H2,1H3,(H,34,41)(H,35,40)(H,37,38)(H2,31,32,33). The van der Waals surface area contributed by atoms with E-state index in [2.05, 4.69) is 25.9 Å². The topological polar surface area (TPSA) is 166 Å². The Balaban J connectivity index is 1.16. The number of nitrogens with one attached hydrogen (secondary N) is 4. The summed E-state index contributed by atoms with van der Waals surface area (Å²) >= 11 is 0. The van der Waals surface area contributed by atoms with Crippen molar-refractivity contribution in [2.75, 3.05) is 11.9 Å². The minimum absolute atomic E-state index is 0.0286. The second-order valence-electron chi connectivity index (χ2n) is 10.1. The first-order chi connectivity index (χ1) is 20.2. The minimum atomic E-state index is -1.36. The molecule has 1 saturated heterocycles. The van der Waals surface area contributed by atoms with E-state index in [1.165, 1.54) is 0 Å². The van der Waals surface area contributed by atoms with Gasteiger partial charge in [-0.1, -0.05) is 66.7 Å². The van der Waals surface area contributed by atoms with Crippen molar-refractivity contribution in [3.05, 3.63) is 95.6 Å². The van der Waals surface area contributed by atoms with E-state index in [9.17, 15) is 24.3 Å². The molecule has 12 nitrogen and oxygen atoms in total. The number of hydrogen-bond acceptors (Lipinski definition) is 7. The number of H-pyrrole nitrogens is 1. The molecule has 216 valence electrons. The lowest BCUT2D eigenvalue weighted by atomic mass is 9.91. The van der Waals surface area contributed by atoms with Gasteiger partial charge in [0.1, 0.15) is 18.2 Å². The lowest BCUT2D eigenvalue weighted by molar-refractivity contribution is -0.140. The van der Waals surface area contributed by atoms with Crippen molar-refractivity contribution in [2.24, 2.45) is 0 Å². The van der Waals surface area contributed by atoms with E-state index >= 15 is 0 Å². The highest BCUT2D eigenvalue weighted by Crippen LogP contribution is 2.29. The number of carboxylic acids is 1. The van der Waals surface area contributed by atoms with Crippen molar-refractivity contribution in [3.63, 3.8) is 0 Å². The molecule has 0 bridgehead atoms. The molecule has 2 atom stereocenters. The molecule has 1 fully saturated rings. The molecule has 5 rings (SSSR count). The van der Waals surface area contributed by atoms with Gasteiger partial charge in [0, 0.05) is 13.1 Å². The molecule has 0 aliphatic carbocycles. The Morgan fingerprint density at radius 3 is 2.43 bits per heavy atom. The maximum absolute atomic E-state index is 13.3. The number of hydrogen-bond donors (Lipinski definition) is 5. The predicted octanol–water partition coefficient (Wildman–Crippen LogP) is 3.71. The average Bonchev–Trinajstić information content (AvgIpc) is 3.51. The van der Waals surface area contributed by atoms with Gasteiger partial charge < -0.3 is 30.8 Å². The van der Waals surface area contributed by atoms with Gasteiger partial charge in [-0.25, -0.2) is 19.4 Å². The summed E-state index contributed by atoms with van der Waals surface area (Å²) < 4.78 is 5.10. The van der Waals surface area contributed by atoms with E-state index in [-0.39, 0.29) is 19.6 Å². The van der Waals surface area contributed by atoms with Crippen molar-refractivity contribution in [2.45, 2.75) is 38.1 Å². The number of imidazole rings is 1. The van der Waals surface area contributed by atoms with Crippen LogP contribution < -0.4 is 16.0 Å². The minimum Gasteiger partial charge on any atom is -0.480 e. The number of alkyl carbamates (subject to hydrolysis) is 1. The van der Waals surface area contributed by atoms with Gasteiger partial charge in [0.25, 0.3) is 5.91 Å². The number of aromatic amines is 1. The first kappa shape index (κ1) is 28.1. The summed E-state index contributed by atoms with van der Waals surface area (Å²) in [7, 11) is 0. The molecule has 42 heavy (non-hydrogen) atoms. The van der Waals surface area contributed by atoms with Crippen LogP contribution in [0.1, 0.15) is 30.0 Å². The molecule has 2 unspecified atom stereocenters. The highest BCUT2D eigenvalue weighted by Gasteiger charge is 2.49. The third kappa shape index (κ3) is 6.17. The molecule has 0 saturated carbocycles. The molecule has 1 aliphatic heterocycles. The third-order valence-corrected chi connectivity index (χ3v) is 7.10. The number of ether oxygens (including phenoxy) is 1. The Kier molecular flexibility index (Phi) is 8.05. The van der Waals surface area contributed by atoms with Gasteiger partial charge in [-0.05, 0) is 42.2 Å². The number of urea groups is 1. The number of carboxylic acid groups (broad SMARTS) is 1. The highest BCUT2D eigenvalue weighted by molar-refractivity contribution is 6.07. The monoisotopic (exact) mass is 570 g/mol. The van der Waals surface area contributed by atoms with E-state index in [0.29, 0.717) is 18.1 Å². The number of para-hydroxylation sites is 2. The molecule has 5 N–H and O–H groups in total. The predicted molar refractivity (Wildman–Crippen MR) is 153 cm³/mol. The van der Waals surface area contributed by atoms with Gasteiger partial charge in [-0.3, -0.25) is 9.69 Å². The molecule has 12 heteroatoms. The Labute approximate surface area is 241 Å². The molecule has 4 amide bonds. The highest BCUT2D eigenvalue weighted by atomic mass is 16.5. The van der Waals surface area contributed by atoms with Gasteiger partial charge in [0.05, 0.1) is 11.0 Å². The Morgan fingerprint density at radius 1 is 1.00 bits per heavy atom. The molecule has 1 aliphatic rings. The number of fused-ring (bicyclic) bond motifs is 1. The summed E-state index contributed by atoms with van der Waals surface area (Å²) in [6.07, 6.45) is -1.11. The van der Waals surface area contributed by atoms with Gasteiger partial charge in [0.15, 0.2) is 0 Å². The van der Waals surface area contributed by atoms with Crippen LogP contribution in [0.2, 0.25) is 0 Å². The first-order valence-corrected chi connectivity index (χ1v) is 13.3. The summed E-state index contributed by atoms with van der Waals surface area (Å²) in [6, 6.07) is 21.9. The smallest absolute Gasteiger partial charge is 0.408 e. The summed E-state index contributed by atoms with van der Waals surface area (Å²) in [5.74, 6) is -1.19. The molecule has 1 aromatic heterocycles. The first-order valence-electron chi connectivity index (χ1n) is 13.3. The van der Waals surface area contributed by atoms with Crippen molar-refractivity contribution >= 4 is 41.0 Å². The molecule has 2 heterocycles. The quantitative estimate of drug-likeness (QED) is 0.170. The maximum Gasteiger partial charge on any atom is 0.408 e. The maximum atomic E-state index is 13.3. The SMILES string of the molecule is CC1(c2ccc(CNc3nc4ccccc4[nH]3)cc2)NC(=O)N(CCC(NC(=O)OCc2ccccc2)C(=O)O)C1=O. The number of carbonyl (C=O) groups is 4. The van der Waals surface area contributed by atoms with Gasteiger partial charge >= 0.3 is 18.1 Å². The van der Waals surface area contributed by atoms with Crippen molar-refractivity contribution in [1.82, 2.24) is 25.5 Å². The van der Waals surface area contributed by atoms with E-state index in [1.54, 1.807) is 43.3 Å². The normalized spacial score (nSPS) is 17.1. The molecular formula is C30H30N6O6. The van der Waals surface area contributed by atoms with Crippen LogP contribution in [0.4, 0.5) is 15.5 Å². The fraction of sp³-hybridized carbons (Fsp3) is 0.233. The lowest BCUT2D eigenvalue weighted by Crippen LogP contribution is -2.44. The van der Waals surface area contributed by atoms with Crippen LogP contribution in [-0.4, -0.2) is 56.6 Å². The Hall–Kier alpha value is -5.39. The van der Waals surface area contributed by atoms with Crippen LogP contribution >= 0.6 is 0 Å². The number of anilines is 1. The number of benzene rings is 3. The zero-order chi connectivity index (χ0) is 29.7. The second kappa shape index (κ2) is 12.0. The molecule has 3 aromatic carbocycles. The Morgan fingerprint density at radius 2 is 1.71 bits per heavy atom.